The first-order valence-corrected chi connectivity index (χ1v) is 15.0. The Bertz CT molecular complexity index is 1570. The van der Waals surface area contributed by atoms with Crippen molar-refractivity contribution in [3.63, 3.8) is 0 Å². The number of piperidine rings is 1. The van der Waals surface area contributed by atoms with Crippen molar-refractivity contribution in [3.05, 3.63) is 47.4 Å². The highest BCUT2D eigenvalue weighted by Gasteiger charge is 2.45. The second-order valence-electron chi connectivity index (χ2n) is 10.5. The number of alkyl halides is 3. The van der Waals surface area contributed by atoms with E-state index in [1.807, 2.05) is 0 Å². The second-order valence-corrected chi connectivity index (χ2v) is 11.6. The van der Waals surface area contributed by atoms with Gasteiger partial charge in [0, 0.05) is 48.8 Å². The summed E-state index contributed by atoms with van der Waals surface area (Å²) < 4.78 is 51.1. The zero-order valence-corrected chi connectivity index (χ0v) is 24.7. The highest BCUT2D eigenvalue weighted by molar-refractivity contribution is 7.19. The van der Waals surface area contributed by atoms with Crippen LogP contribution in [-0.2, 0) is 23.9 Å². The summed E-state index contributed by atoms with van der Waals surface area (Å²) in [7, 11) is 0. The minimum atomic E-state index is -5.21. The number of fused-ring (bicyclic) bond motifs is 1. The van der Waals surface area contributed by atoms with Gasteiger partial charge in [0.2, 0.25) is 5.91 Å². The molecule has 14 heteroatoms. The summed E-state index contributed by atoms with van der Waals surface area (Å²) in [6.45, 7) is 3.78. The van der Waals surface area contributed by atoms with E-state index < -0.39 is 30.1 Å². The van der Waals surface area contributed by atoms with Crippen molar-refractivity contribution in [2.75, 3.05) is 44.3 Å². The smallest absolute Gasteiger partial charge is 0.490 e. The predicted molar refractivity (Wildman–Crippen MR) is 156 cm³/mol. The van der Waals surface area contributed by atoms with Crippen LogP contribution in [0.15, 0.2) is 42.5 Å². The molecule has 2 atom stereocenters. The maximum Gasteiger partial charge on any atom is 0.490 e. The van der Waals surface area contributed by atoms with Gasteiger partial charge in [-0.1, -0.05) is 18.2 Å². The standard InChI is InChI=1S/C30H31F3N4O6S/c1-2-4-19(38)7-8-25(40)37-10-9-21(23(17-37)43-29(41)30(31,32)33)24-16-22-26(44-24)28(36-11-13-42-14-12-36)35-27(34-22)18-5-3-6-20(39)15-18/h2-6,15-16,21,23,39H,7-14,17H2,1H3. The molecular weight excluding hydrogens is 601 g/mol. The molecule has 2 aliphatic rings. The van der Waals surface area contributed by atoms with Gasteiger partial charge < -0.3 is 24.4 Å². The van der Waals surface area contributed by atoms with Crippen LogP contribution in [0.4, 0.5) is 19.0 Å². The second kappa shape index (κ2) is 13.3. The van der Waals surface area contributed by atoms with E-state index >= 15 is 0 Å². The Hall–Kier alpha value is -4.04. The number of nitrogens with zero attached hydrogens (tertiary/aromatic N) is 4. The third-order valence-corrected chi connectivity index (χ3v) is 8.74. The van der Waals surface area contributed by atoms with Crippen LogP contribution in [0, 0.1) is 0 Å². The number of aromatic hydroxyl groups is 1. The lowest BCUT2D eigenvalue weighted by Crippen LogP contribution is -2.48. The number of carbonyl (C=O) groups is 3. The third kappa shape index (κ3) is 7.18. The van der Waals surface area contributed by atoms with Gasteiger partial charge in [-0.3, -0.25) is 9.59 Å². The molecule has 0 saturated carbocycles. The van der Waals surface area contributed by atoms with Crippen molar-refractivity contribution in [2.45, 2.75) is 44.4 Å². The topological polar surface area (TPSA) is 122 Å². The Morgan fingerprint density at radius 3 is 2.61 bits per heavy atom. The number of allylic oxidation sites excluding steroid dienone is 2. The lowest BCUT2D eigenvalue weighted by atomic mass is 9.91. The van der Waals surface area contributed by atoms with E-state index in [1.54, 1.807) is 37.3 Å². The molecule has 0 bridgehead atoms. The van der Waals surface area contributed by atoms with Crippen LogP contribution in [0.1, 0.15) is 37.0 Å². The fourth-order valence-corrected chi connectivity index (χ4v) is 6.63. The molecule has 0 spiro atoms. The van der Waals surface area contributed by atoms with Crippen molar-refractivity contribution < 1.29 is 42.1 Å². The molecule has 234 valence electrons. The van der Waals surface area contributed by atoms with E-state index in [1.165, 1.54) is 28.4 Å². The van der Waals surface area contributed by atoms with Crippen molar-refractivity contribution in [1.29, 1.82) is 0 Å². The van der Waals surface area contributed by atoms with E-state index in [0.29, 0.717) is 58.6 Å². The average molecular weight is 633 g/mol. The van der Waals surface area contributed by atoms with Gasteiger partial charge in [0.25, 0.3) is 0 Å². The fraction of sp³-hybridized carbons (Fsp3) is 0.433. The number of rotatable bonds is 8. The molecule has 4 heterocycles. The number of hydrogen-bond donors (Lipinski definition) is 1. The number of ketones is 1. The van der Waals surface area contributed by atoms with Crippen LogP contribution in [0.3, 0.4) is 0 Å². The van der Waals surface area contributed by atoms with Gasteiger partial charge in [0.05, 0.1) is 30.0 Å². The summed E-state index contributed by atoms with van der Waals surface area (Å²) in [5.41, 5.74) is 1.15. The van der Waals surface area contributed by atoms with Crippen LogP contribution >= 0.6 is 11.3 Å². The molecule has 0 aliphatic carbocycles. The van der Waals surface area contributed by atoms with Crippen molar-refractivity contribution in [2.24, 2.45) is 0 Å². The number of morpholine rings is 1. The van der Waals surface area contributed by atoms with Gasteiger partial charge in [0.15, 0.2) is 17.4 Å². The zero-order chi connectivity index (χ0) is 31.4. The first-order chi connectivity index (χ1) is 21.0. The van der Waals surface area contributed by atoms with Crippen LogP contribution in [-0.4, -0.2) is 89.3 Å². The van der Waals surface area contributed by atoms with Gasteiger partial charge in [0.1, 0.15) is 11.9 Å². The number of amides is 1. The molecule has 3 aromatic rings. The highest BCUT2D eigenvalue weighted by Crippen LogP contribution is 2.42. The van der Waals surface area contributed by atoms with Crippen LogP contribution in [0.25, 0.3) is 21.6 Å². The lowest BCUT2D eigenvalue weighted by Gasteiger charge is -2.37. The number of phenolic OH excluding ortho intramolecular Hbond substituents is 1. The van der Waals surface area contributed by atoms with E-state index in [2.05, 4.69) is 4.90 Å². The molecule has 2 aliphatic heterocycles. The van der Waals surface area contributed by atoms with Crippen molar-refractivity contribution >= 4 is 45.0 Å². The molecule has 44 heavy (non-hydrogen) atoms. The molecule has 2 unspecified atom stereocenters. The number of esters is 1. The number of hydrogen-bond acceptors (Lipinski definition) is 10. The minimum absolute atomic E-state index is 0.0308. The molecule has 2 saturated heterocycles. The Labute approximate surface area is 255 Å². The monoisotopic (exact) mass is 632 g/mol. The van der Waals surface area contributed by atoms with Crippen molar-refractivity contribution in [1.82, 2.24) is 14.9 Å². The van der Waals surface area contributed by atoms with E-state index in [0.717, 1.165) is 0 Å². The third-order valence-electron chi connectivity index (χ3n) is 7.49. The molecule has 2 aromatic heterocycles. The Morgan fingerprint density at radius 2 is 1.91 bits per heavy atom. The lowest BCUT2D eigenvalue weighted by molar-refractivity contribution is -0.207. The minimum Gasteiger partial charge on any atom is -0.508 e. The zero-order valence-electron chi connectivity index (χ0n) is 23.9. The number of aromatic nitrogens is 2. The summed E-state index contributed by atoms with van der Waals surface area (Å²) in [6.07, 6.45) is -3.46. The molecular formula is C30H31F3N4O6S. The Balaban J connectivity index is 1.49. The summed E-state index contributed by atoms with van der Waals surface area (Å²) in [5.74, 6) is -2.55. The molecule has 2 fully saturated rings. The van der Waals surface area contributed by atoms with Gasteiger partial charge in [-0.25, -0.2) is 14.8 Å². The molecule has 1 N–H and O–H groups in total. The Kier molecular flexibility index (Phi) is 9.49. The van der Waals surface area contributed by atoms with E-state index in [4.69, 9.17) is 19.4 Å². The molecule has 1 amide bonds. The quantitative estimate of drug-likeness (QED) is 0.280. The number of anilines is 1. The number of ether oxygens (including phenoxy) is 2. The van der Waals surface area contributed by atoms with Crippen molar-refractivity contribution in [3.8, 4) is 17.1 Å². The maximum atomic E-state index is 13.3. The van der Waals surface area contributed by atoms with Crippen LogP contribution in [0.5, 0.6) is 5.75 Å². The summed E-state index contributed by atoms with van der Waals surface area (Å²) in [6, 6.07) is 8.29. The first-order valence-electron chi connectivity index (χ1n) is 14.2. The number of halogens is 3. The molecule has 0 radical (unpaired) electrons. The number of likely N-dealkylation sites (tertiary alicyclic amines) is 1. The molecule has 1 aromatic carbocycles. The first kappa shape index (κ1) is 31.4. The molecule has 10 nitrogen and oxygen atoms in total. The van der Waals surface area contributed by atoms with E-state index in [9.17, 15) is 32.7 Å². The van der Waals surface area contributed by atoms with Gasteiger partial charge in [-0.05, 0) is 37.6 Å². The maximum absolute atomic E-state index is 13.3. The van der Waals surface area contributed by atoms with E-state index in [-0.39, 0.29) is 43.9 Å². The highest BCUT2D eigenvalue weighted by atomic mass is 32.1. The number of thiophene rings is 1. The Morgan fingerprint density at radius 1 is 1.14 bits per heavy atom. The van der Waals surface area contributed by atoms with Gasteiger partial charge in [-0.15, -0.1) is 11.3 Å². The van der Waals surface area contributed by atoms with Crippen LogP contribution in [0.2, 0.25) is 0 Å². The average Bonchev–Trinajstić information content (AvgIpc) is 3.43. The number of carbonyl (C=O) groups excluding carboxylic acids is 3. The fourth-order valence-electron chi connectivity index (χ4n) is 5.33. The number of phenols is 1. The van der Waals surface area contributed by atoms with Gasteiger partial charge in [-0.2, -0.15) is 13.2 Å². The van der Waals surface area contributed by atoms with Crippen LogP contribution < -0.4 is 4.90 Å². The summed E-state index contributed by atoms with van der Waals surface area (Å²) >= 11 is 1.31. The summed E-state index contributed by atoms with van der Waals surface area (Å²) in [5, 5.41) is 10.0. The molecule has 5 rings (SSSR count). The normalized spacial score (nSPS) is 19.5. The SMILES string of the molecule is CC=CC(=O)CCC(=O)N1CCC(c2cc3nc(-c4cccc(O)c4)nc(N4CCOCC4)c3s2)C(OC(=O)C(F)(F)F)C1. The predicted octanol–water partition coefficient (Wildman–Crippen LogP) is 4.62. The van der Waals surface area contributed by atoms with Gasteiger partial charge >= 0.3 is 12.1 Å². The number of benzene rings is 1. The largest absolute Gasteiger partial charge is 0.508 e. The summed E-state index contributed by atoms with van der Waals surface area (Å²) in [4.78, 5) is 50.3.